The number of imidazole rings is 1. The van der Waals surface area contributed by atoms with Gasteiger partial charge in [0.05, 0.1) is 7.05 Å². The summed E-state index contributed by atoms with van der Waals surface area (Å²) >= 11 is 5.85. The van der Waals surface area contributed by atoms with Gasteiger partial charge in [-0.25, -0.2) is 9.13 Å². The minimum absolute atomic E-state index is 0.232. The van der Waals surface area contributed by atoms with E-state index < -0.39 is 6.10 Å². The molecule has 5 heteroatoms. The Labute approximate surface area is 146 Å². The first-order valence-electron chi connectivity index (χ1n) is 7.96. The van der Waals surface area contributed by atoms with Crippen LogP contribution in [0.4, 0.5) is 0 Å². The van der Waals surface area contributed by atoms with E-state index in [1.54, 1.807) is 24.3 Å². The van der Waals surface area contributed by atoms with Crippen LogP contribution in [0.1, 0.15) is 11.1 Å². The van der Waals surface area contributed by atoms with Crippen molar-refractivity contribution in [3.63, 3.8) is 0 Å². The standard InChI is InChI=1S/C19H22ClN2O2/c1-13-8-18-19(9-14(13)2)22(12-21(18)3)10-16(23)11-24-17-6-4-15(20)5-7-17/h4-9,12,16,23H,10-11H2,1-3H3/q+1. The van der Waals surface area contributed by atoms with E-state index >= 15 is 0 Å². The van der Waals surface area contributed by atoms with E-state index in [0.29, 0.717) is 17.3 Å². The third-order valence-electron chi connectivity index (χ3n) is 4.26. The van der Waals surface area contributed by atoms with Gasteiger partial charge in [0.2, 0.25) is 6.33 Å². The van der Waals surface area contributed by atoms with E-state index in [4.69, 9.17) is 16.3 Å². The maximum absolute atomic E-state index is 10.3. The molecule has 0 bridgehead atoms. The summed E-state index contributed by atoms with van der Waals surface area (Å²) in [7, 11) is 2.02. The summed E-state index contributed by atoms with van der Waals surface area (Å²) < 4.78 is 9.77. The van der Waals surface area contributed by atoms with Crippen LogP contribution in [0.5, 0.6) is 5.75 Å². The third kappa shape index (κ3) is 3.55. The molecule has 1 aromatic heterocycles. The van der Waals surface area contributed by atoms with E-state index in [2.05, 4.69) is 35.1 Å². The van der Waals surface area contributed by atoms with Crippen LogP contribution in [-0.4, -0.2) is 22.4 Å². The molecule has 1 N–H and O–H groups in total. The molecule has 0 aliphatic carbocycles. The van der Waals surface area contributed by atoms with Crippen molar-refractivity contribution in [1.82, 2.24) is 4.57 Å². The van der Waals surface area contributed by atoms with Crippen LogP contribution in [0.2, 0.25) is 5.02 Å². The highest BCUT2D eigenvalue weighted by Gasteiger charge is 2.18. The number of benzene rings is 2. The van der Waals surface area contributed by atoms with Gasteiger partial charge in [-0.15, -0.1) is 0 Å². The molecule has 1 unspecified atom stereocenters. The molecule has 0 saturated carbocycles. The molecule has 0 amide bonds. The van der Waals surface area contributed by atoms with Gasteiger partial charge in [0, 0.05) is 5.02 Å². The van der Waals surface area contributed by atoms with Gasteiger partial charge >= 0.3 is 0 Å². The lowest BCUT2D eigenvalue weighted by molar-refractivity contribution is -0.645. The Bertz CT molecular complexity index is 856. The van der Waals surface area contributed by atoms with Crippen molar-refractivity contribution >= 4 is 22.6 Å². The number of aryl methyl sites for hydroxylation is 3. The number of ether oxygens (including phenoxy) is 1. The first kappa shape index (κ1) is 16.8. The summed E-state index contributed by atoms with van der Waals surface area (Å²) in [5, 5.41) is 11.0. The highest BCUT2D eigenvalue weighted by Crippen LogP contribution is 2.18. The number of nitrogens with zero attached hydrogens (tertiary/aromatic N) is 2. The lowest BCUT2D eigenvalue weighted by Crippen LogP contribution is -2.27. The van der Waals surface area contributed by atoms with E-state index in [0.717, 1.165) is 11.0 Å². The van der Waals surface area contributed by atoms with Crippen molar-refractivity contribution in [2.45, 2.75) is 26.5 Å². The summed E-state index contributed by atoms with van der Waals surface area (Å²) in [6, 6.07) is 11.5. The Balaban J connectivity index is 1.72. The topological polar surface area (TPSA) is 38.3 Å². The summed E-state index contributed by atoms with van der Waals surface area (Å²) in [6.07, 6.45) is 1.41. The monoisotopic (exact) mass is 345 g/mol. The average molecular weight is 346 g/mol. The summed E-state index contributed by atoms with van der Waals surface area (Å²) in [5.41, 5.74) is 4.78. The molecule has 0 aliphatic heterocycles. The molecule has 0 spiro atoms. The van der Waals surface area contributed by atoms with E-state index in [1.165, 1.54) is 11.1 Å². The summed E-state index contributed by atoms with van der Waals surface area (Å²) in [6.45, 7) is 4.93. The number of hydrogen-bond acceptors (Lipinski definition) is 2. The zero-order valence-electron chi connectivity index (χ0n) is 14.2. The molecule has 2 aromatic carbocycles. The number of fused-ring (bicyclic) bond motifs is 1. The Morgan fingerprint density at radius 3 is 2.54 bits per heavy atom. The molecular formula is C19H22ClN2O2+. The second-order valence-corrected chi connectivity index (χ2v) is 6.66. The Kier molecular flexibility index (Phi) is 4.78. The van der Waals surface area contributed by atoms with E-state index in [1.807, 2.05) is 13.4 Å². The highest BCUT2D eigenvalue weighted by atomic mass is 35.5. The molecule has 1 heterocycles. The second kappa shape index (κ2) is 6.83. The minimum Gasteiger partial charge on any atom is -0.491 e. The third-order valence-corrected chi connectivity index (χ3v) is 4.51. The Morgan fingerprint density at radius 2 is 1.83 bits per heavy atom. The SMILES string of the molecule is Cc1cc2c(cc1C)[n+](C)cn2CC(O)COc1ccc(Cl)cc1. The molecule has 0 fully saturated rings. The molecular weight excluding hydrogens is 324 g/mol. The lowest BCUT2D eigenvalue weighted by atomic mass is 10.1. The molecule has 0 saturated heterocycles. The predicted octanol–water partition coefficient (Wildman–Crippen LogP) is 3.18. The second-order valence-electron chi connectivity index (χ2n) is 6.22. The molecule has 4 nitrogen and oxygen atoms in total. The number of aliphatic hydroxyl groups is 1. The fraction of sp³-hybridized carbons (Fsp3) is 0.316. The quantitative estimate of drug-likeness (QED) is 0.721. The van der Waals surface area contributed by atoms with Gasteiger partial charge in [0.1, 0.15) is 25.0 Å². The van der Waals surface area contributed by atoms with Crippen LogP contribution in [-0.2, 0) is 13.6 Å². The fourth-order valence-electron chi connectivity index (χ4n) is 2.78. The van der Waals surface area contributed by atoms with Crippen molar-refractivity contribution < 1.29 is 14.4 Å². The van der Waals surface area contributed by atoms with Crippen LogP contribution in [0.3, 0.4) is 0 Å². The van der Waals surface area contributed by atoms with Gasteiger partial charge in [-0.3, -0.25) is 0 Å². The molecule has 0 aliphatic rings. The van der Waals surface area contributed by atoms with Crippen LogP contribution in [0.25, 0.3) is 11.0 Å². The van der Waals surface area contributed by atoms with Crippen molar-refractivity contribution in [3.05, 3.63) is 58.9 Å². The summed E-state index contributed by atoms with van der Waals surface area (Å²) in [5.74, 6) is 0.702. The number of aliphatic hydroxyl groups excluding tert-OH is 1. The normalized spacial score (nSPS) is 12.5. The van der Waals surface area contributed by atoms with Crippen molar-refractivity contribution in [2.24, 2.45) is 7.05 Å². The molecule has 3 rings (SSSR count). The van der Waals surface area contributed by atoms with E-state index in [9.17, 15) is 5.11 Å². The Morgan fingerprint density at radius 1 is 1.17 bits per heavy atom. The largest absolute Gasteiger partial charge is 0.491 e. The molecule has 24 heavy (non-hydrogen) atoms. The molecule has 126 valence electrons. The van der Waals surface area contributed by atoms with Gasteiger partial charge in [-0.2, -0.15) is 0 Å². The van der Waals surface area contributed by atoms with Crippen LogP contribution >= 0.6 is 11.6 Å². The van der Waals surface area contributed by atoms with Gasteiger partial charge in [0.25, 0.3) is 0 Å². The first-order chi connectivity index (χ1) is 11.4. The zero-order chi connectivity index (χ0) is 17.3. The lowest BCUT2D eigenvalue weighted by Gasteiger charge is -2.11. The van der Waals surface area contributed by atoms with Crippen molar-refractivity contribution in [1.29, 1.82) is 0 Å². The van der Waals surface area contributed by atoms with Crippen molar-refractivity contribution in [2.75, 3.05) is 6.61 Å². The average Bonchev–Trinajstić information content (AvgIpc) is 2.83. The molecule has 0 radical (unpaired) electrons. The van der Waals surface area contributed by atoms with Crippen LogP contribution in [0, 0.1) is 13.8 Å². The molecule has 3 aromatic rings. The van der Waals surface area contributed by atoms with Gasteiger partial charge in [-0.1, -0.05) is 11.6 Å². The van der Waals surface area contributed by atoms with E-state index in [-0.39, 0.29) is 6.61 Å². The van der Waals surface area contributed by atoms with Gasteiger partial charge in [0.15, 0.2) is 11.0 Å². The first-order valence-corrected chi connectivity index (χ1v) is 8.34. The maximum Gasteiger partial charge on any atom is 0.244 e. The summed E-state index contributed by atoms with van der Waals surface area (Å²) in [4.78, 5) is 0. The predicted molar refractivity (Wildman–Crippen MR) is 95.5 cm³/mol. The zero-order valence-corrected chi connectivity index (χ0v) is 14.9. The van der Waals surface area contributed by atoms with Crippen LogP contribution < -0.4 is 9.30 Å². The van der Waals surface area contributed by atoms with Gasteiger partial charge < -0.3 is 9.84 Å². The number of halogens is 1. The minimum atomic E-state index is -0.599. The smallest absolute Gasteiger partial charge is 0.244 e. The van der Waals surface area contributed by atoms with Crippen molar-refractivity contribution in [3.8, 4) is 5.75 Å². The fourth-order valence-corrected chi connectivity index (χ4v) is 2.91. The number of hydrogen-bond donors (Lipinski definition) is 1. The Hall–Kier alpha value is -2.04. The maximum atomic E-state index is 10.3. The van der Waals surface area contributed by atoms with Crippen LogP contribution in [0.15, 0.2) is 42.7 Å². The highest BCUT2D eigenvalue weighted by molar-refractivity contribution is 6.30. The number of rotatable bonds is 5. The molecule has 1 atom stereocenters. The number of aromatic nitrogens is 2. The van der Waals surface area contributed by atoms with Gasteiger partial charge in [-0.05, 0) is 61.4 Å².